The van der Waals surface area contributed by atoms with Crippen LogP contribution in [0.25, 0.3) is 0 Å². The number of hydrogen-bond donors (Lipinski definition) is 1. The fraction of sp³-hybridized carbons (Fsp3) is 0.600. The summed E-state index contributed by atoms with van der Waals surface area (Å²) in [6.45, 7) is 6.37. The van der Waals surface area contributed by atoms with Crippen LogP contribution in [0.15, 0.2) is 12.1 Å². The van der Waals surface area contributed by atoms with Crippen molar-refractivity contribution >= 4 is 0 Å². The topological polar surface area (TPSA) is 21.3 Å². The van der Waals surface area contributed by atoms with Gasteiger partial charge in [-0.3, -0.25) is 0 Å². The van der Waals surface area contributed by atoms with E-state index in [4.69, 9.17) is 4.74 Å². The van der Waals surface area contributed by atoms with E-state index in [-0.39, 0.29) is 5.56 Å². The Morgan fingerprint density at radius 1 is 1.20 bits per heavy atom. The van der Waals surface area contributed by atoms with Crippen LogP contribution in [0.5, 0.6) is 0 Å². The van der Waals surface area contributed by atoms with Gasteiger partial charge in [0, 0.05) is 18.7 Å². The van der Waals surface area contributed by atoms with Gasteiger partial charge in [0.25, 0.3) is 0 Å². The van der Waals surface area contributed by atoms with E-state index in [1.54, 1.807) is 7.11 Å². The number of hydrogen-bond acceptors (Lipinski definition) is 2. The number of nitrogens with one attached hydrogen (secondary N) is 1. The van der Waals surface area contributed by atoms with Crippen LogP contribution in [0.3, 0.4) is 0 Å². The molecule has 0 aliphatic heterocycles. The first-order valence-corrected chi connectivity index (χ1v) is 6.74. The molecule has 114 valence electrons. The van der Waals surface area contributed by atoms with Crippen LogP contribution in [0, 0.1) is 17.5 Å². The number of halogens is 3. The molecule has 1 N–H and O–H groups in total. The quantitative estimate of drug-likeness (QED) is 0.767. The smallest absolute Gasteiger partial charge is 0.194 e. The second-order valence-electron chi connectivity index (χ2n) is 5.44. The lowest BCUT2D eigenvalue weighted by atomic mass is 9.93. The van der Waals surface area contributed by atoms with Gasteiger partial charge in [0.2, 0.25) is 0 Å². The van der Waals surface area contributed by atoms with Crippen molar-refractivity contribution in [1.29, 1.82) is 0 Å². The number of rotatable bonds is 7. The third-order valence-electron chi connectivity index (χ3n) is 3.33. The summed E-state index contributed by atoms with van der Waals surface area (Å²) in [5.74, 6) is -3.74. The van der Waals surface area contributed by atoms with E-state index in [0.29, 0.717) is 13.0 Å². The molecule has 5 heteroatoms. The molecule has 20 heavy (non-hydrogen) atoms. The maximum absolute atomic E-state index is 13.9. The fourth-order valence-electron chi connectivity index (χ4n) is 2.00. The maximum Gasteiger partial charge on any atom is 0.194 e. The maximum atomic E-state index is 13.9. The van der Waals surface area contributed by atoms with E-state index in [9.17, 15) is 13.2 Å². The van der Waals surface area contributed by atoms with Crippen LogP contribution in [-0.4, -0.2) is 19.3 Å². The first-order chi connectivity index (χ1) is 9.32. The average Bonchev–Trinajstić information content (AvgIpc) is 2.41. The normalized spacial score (nSPS) is 13.6. The number of benzene rings is 1. The highest BCUT2D eigenvalue weighted by atomic mass is 19.2. The molecule has 0 saturated heterocycles. The van der Waals surface area contributed by atoms with Gasteiger partial charge in [0.15, 0.2) is 17.5 Å². The van der Waals surface area contributed by atoms with E-state index in [1.807, 2.05) is 20.8 Å². The summed E-state index contributed by atoms with van der Waals surface area (Å²) in [7, 11) is 1.57. The summed E-state index contributed by atoms with van der Waals surface area (Å²) < 4.78 is 45.7. The van der Waals surface area contributed by atoms with Crippen molar-refractivity contribution < 1.29 is 17.9 Å². The molecular formula is C15H22F3NO. The van der Waals surface area contributed by atoms with Gasteiger partial charge in [-0.2, -0.15) is 0 Å². The minimum atomic E-state index is -1.43. The molecule has 0 heterocycles. The minimum absolute atomic E-state index is 0.127. The predicted molar refractivity (Wildman–Crippen MR) is 73.1 cm³/mol. The van der Waals surface area contributed by atoms with Gasteiger partial charge < -0.3 is 10.1 Å². The minimum Gasteiger partial charge on any atom is -0.379 e. The van der Waals surface area contributed by atoms with Crippen LogP contribution in [-0.2, 0) is 4.74 Å². The standard InChI is InChI=1S/C15H22F3NO/c1-5-8-19-12(9-15(2,3)20-4)10-6-7-11(16)14(18)13(10)17/h6-7,12,19H,5,8-9H2,1-4H3. The van der Waals surface area contributed by atoms with Crippen molar-refractivity contribution in [2.45, 2.75) is 45.3 Å². The third kappa shape index (κ3) is 4.21. The summed E-state index contributed by atoms with van der Waals surface area (Å²) in [4.78, 5) is 0. The van der Waals surface area contributed by atoms with Crippen molar-refractivity contribution in [3.8, 4) is 0 Å². The molecule has 0 bridgehead atoms. The van der Waals surface area contributed by atoms with Crippen molar-refractivity contribution in [3.63, 3.8) is 0 Å². The van der Waals surface area contributed by atoms with Crippen LogP contribution >= 0.6 is 0 Å². The summed E-state index contributed by atoms with van der Waals surface area (Å²) in [5.41, 5.74) is -0.370. The van der Waals surface area contributed by atoms with Gasteiger partial charge in [-0.1, -0.05) is 13.0 Å². The predicted octanol–water partition coefficient (Wildman–Crippen LogP) is 3.96. The Morgan fingerprint density at radius 3 is 2.40 bits per heavy atom. The molecule has 1 atom stereocenters. The zero-order chi connectivity index (χ0) is 15.3. The van der Waals surface area contributed by atoms with Crippen LogP contribution < -0.4 is 5.32 Å². The Balaban J connectivity index is 3.07. The first-order valence-electron chi connectivity index (χ1n) is 6.74. The molecule has 0 aliphatic carbocycles. The van der Waals surface area contributed by atoms with Crippen LogP contribution in [0.1, 0.15) is 45.2 Å². The second kappa shape index (κ2) is 7.09. The zero-order valence-corrected chi connectivity index (χ0v) is 12.4. The third-order valence-corrected chi connectivity index (χ3v) is 3.33. The van der Waals surface area contributed by atoms with Gasteiger partial charge in [0.1, 0.15) is 0 Å². The lowest BCUT2D eigenvalue weighted by Gasteiger charge is -2.29. The molecule has 0 aromatic heterocycles. The molecule has 0 amide bonds. The Morgan fingerprint density at radius 2 is 1.85 bits per heavy atom. The molecule has 1 aromatic carbocycles. The zero-order valence-electron chi connectivity index (χ0n) is 12.4. The molecule has 0 aliphatic rings. The summed E-state index contributed by atoms with van der Waals surface area (Å²) in [6, 6.07) is 1.81. The van der Waals surface area contributed by atoms with E-state index >= 15 is 0 Å². The van der Waals surface area contributed by atoms with E-state index in [1.165, 1.54) is 6.07 Å². The monoisotopic (exact) mass is 289 g/mol. The van der Waals surface area contributed by atoms with E-state index in [2.05, 4.69) is 5.32 Å². The van der Waals surface area contributed by atoms with Crippen molar-refractivity contribution in [3.05, 3.63) is 35.1 Å². The summed E-state index contributed by atoms with van der Waals surface area (Å²) in [6.07, 6.45) is 1.31. The lowest BCUT2D eigenvalue weighted by molar-refractivity contribution is 0.00652. The highest BCUT2D eigenvalue weighted by Gasteiger charge is 2.27. The molecular weight excluding hydrogens is 267 g/mol. The Kier molecular flexibility index (Phi) is 6.02. The van der Waals surface area contributed by atoms with Gasteiger partial charge in [-0.05, 0) is 39.3 Å². The van der Waals surface area contributed by atoms with Crippen molar-refractivity contribution in [2.75, 3.05) is 13.7 Å². The Labute approximate surface area is 118 Å². The first kappa shape index (κ1) is 17.0. The Hall–Kier alpha value is -1.07. The largest absolute Gasteiger partial charge is 0.379 e. The average molecular weight is 289 g/mol. The van der Waals surface area contributed by atoms with E-state index in [0.717, 1.165) is 12.5 Å². The molecule has 1 aromatic rings. The van der Waals surface area contributed by atoms with Crippen LogP contribution in [0.2, 0.25) is 0 Å². The molecule has 0 saturated carbocycles. The highest BCUT2D eigenvalue weighted by molar-refractivity contribution is 5.24. The van der Waals surface area contributed by atoms with Crippen molar-refractivity contribution in [1.82, 2.24) is 5.32 Å². The molecule has 0 radical (unpaired) electrons. The molecule has 2 nitrogen and oxygen atoms in total. The number of ether oxygens (including phenoxy) is 1. The van der Waals surface area contributed by atoms with Gasteiger partial charge >= 0.3 is 0 Å². The van der Waals surface area contributed by atoms with E-state index < -0.39 is 29.1 Å². The van der Waals surface area contributed by atoms with Gasteiger partial charge in [-0.15, -0.1) is 0 Å². The van der Waals surface area contributed by atoms with Gasteiger partial charge in [-0.25, -0.2) is 13.2 Å². The van der Waals surface area contributed by atoms with Gasteiger partial charge in [0.05, 0.1) is 5.60 Å². The molecule has 1 rings (SSSR count). The highest BCUT2D eigenvalue weighted by Crippen LogP contribution is 2.29. The SMILES string of the molecule is CCCNC(CC(C)(C)OC)c1ccc(F)c(F)c1F. The fourth-order valence-corrected chi connectivity index (χ4v) is 2.00. The second-order valence-corrected chi connectivity index (χ2v) is 5.44. The molecule has 0 fully saturated rings. The number of methoxy groups -OCH3 is 1. The van der Waals surface area contributed by atoms with Crippen LogP contribution in [0.4, 0.5) is 13.2 Å². The lowest BCUT2D eigenvalue weighted by Crippen LogP contribution is -2.33. The summed E-state index contributed by atoms with van der Waals surface area (Å²) >= 11 is 0. The molecule has 1 unspecified atom stereocenters. The Bertz CT molecular complexity index is 449. The van der Waals surface area contributed by atoms with Crippen molar-refractivity contribution in [2.24, 2.45) is 0 Å². The molecule has 0 spiro atoms. The summed E-state index contributed by atoms with van der Waals surface area (Å²) in [5, 5.41) is 3.15.